The fourth-order valence-corrected chi connectivity index (χ4v) is 5.73. The van der Waals surface area contributed by atoms with Crippen molar-refractivity contribution < 1.29 is 0 Å². The van der Waals surface area contributed by atoms with Crippen molar-refractivity contribution >= 4 is 32.3 Å². The van der Waals surface area contributed by atoms with E-state index < -0.39 is 0 Å². The summed E-state index contributed by atoms with van der Waals surface area (Å²) >= 11 is 0. The van der Waals surface area contributed by atoms with Crippen LogP contribution in [0.25, 0.3) is 65.7 Å². The molecule has 0 saturated heterocycles. The number of pyridine rings is 1. The van der Waals surface area contributed by atoms with Crippen LogP contribution < -0.4 is 0 Å². The predicted molar refractivity (Wildman–Crippen MR) is 158 cm³/mol. The number of hydrogen-bond acceptors (Lipinski definition) is 1. The minimum Gasteiger partial charge on any atom is -0.262 e. The molecular formula is C36H25N. The number of fused-ring (bicyclic) bond motifs is 3. The van der Waals surface area contributed by atoms with Gasteiger partial charge in [-0.25, -0.2) is 0 Å². The monoisotopic (exact) mass is 471 g/mol. The summed E-state index contributed by atoms with van der Waals surface area (Å²) in [5, 5.41) is 7.65. The Bertz CT molecular complexity index is 1870. The maximum absolute atomic E-state index is 4.35. The van der Waals surface area contributed by atoms with Gasteiger partial charge in [-0.05, 0) is 84.8 Å². The van der Waals surface area contributed by atoms with Crippen molar-refractivity contribution in [3.8, 4) is 33.4 Å². The van der Waals surface area contributed by atoms with Crippen LogP contribution in [0.15, 0.2) is 134 Å². The van der Waals surface area contributed by atoms with Crippen molar-refractivity contribution in [2.45, 2.75) is 6.92 Å². The summed E-state index contributed by atoms with van der Waals surface area (Å²) in [4.78, 5) is 4.35. The number of benzene rings is 6. The number of rotatable bonds is 3. The van der Waals surface area contributed by atoms with E-state index in [2.05, 4.69) is 132 Å². The van der Waals surface area contributed by atoms with Gasteiger partial charge in [-0.3, -0.25) is 4.98 Å². The summed E-state index contributed by atoms with van der Waals surface area (Å²) in [6, 6.07) is 46.2. The molecule has 0 aliphatic heterocycles. The van der Waals surface area contributed by atoms with Crippen molar-refractivity contribution in [3.05, 3.63) is 139 Å². The van der Waals surface area contributed by atoms with Gasteiger partial charge in [0.15, 0.2) is 0 Å². The highest BCUT2D eigenvalue weighted by atomic mass is 14.6. The summed E-state index contributed by atoms with van der Waals surface area (Å²) in [5.74, 6) is 0. The third-order valence-corrected chi connectivity index (χ3v) is 7.39. The summed E-state index contributed by atoms with van der Waals surface area (Å²) in [6.45, 7) is 2.04. The molecule has 0 unspecified atom stereocenters. The SMILES string of the molecule is Cc1cc(-c2ccc(-c3c4ccccc4c(-c4cccc5ccccc45)c4ccccc34)cc2)ccn1. The van der Waals surface area contributed by atoms with Gasteiger partial charge in [0, 0.05) is 11.9 Å². The lowest BCUT2D eigenvalue weighted by Gasteiger charge is -2.19. The van der Waals surface area contributed by atoms with Crippen LogP contribution in [0.2, 0.25) is 0 Å². The van der Waals surface area contributed by atoms with E-state index in [1.165, 1.54) is 65.7 Å². The van der Waals surface area contributed by atoms with E-state index in [-0.39, 0.29) is 0 Å². The predicted octanol–water partition coefficient (Wildman–Crippen LogP) is 9.85. The molecule has 0 aliphatic rings. The first-order chi connectivity index (χ1) is 18.3. The average molecular weight is 472 g/mol. The van der Waals surface area contributed by atoms with Crippen LogP contribution in [0.3, 0.4) is 0 Å². The van der Waals surface area contributed by atoms with E-state index >= 15 is 0 Å². The van der Waals surface area contributed by atoms with E-state index in [1.807, 2.05) is 13.1 Å². The quantitative estimate of drug-likeness (QED) is 0.234. The lowest BCUT2D eigenvalue weighted by Crippen LogP contribution is -1.91. The highest BCUT2D eigenvalue weighted by Gasteiger charge is 2.17. The minimum atomic E-state index is 1.03. The molecule has 7 rings (SSSR count). The second-order valence-corrected chi connectivity index (χ2v) is 9.63. The van der Waals surface area contributed by atoms with Crippen LogP contribution in [0.4, 0.5) is 0 Å². The zero-order chi connectivity index (χ0) is 24.8. The van der Waals surface area contributed by atoms with Crippen LogP contribution in [0.5, 0.6) is 0 Å². The van der Waals surface area contributed by atoms with Crippen molar-refractivity contribution in [2.75, 3.05) is 0 Å². The van der Waals surface area contributed by atoms with Gasteiger partial charge >= 0.3 is 0 Å². The van der Waals surface area contributed by atoms with Crippen molar-refractivity contribution in [1.29, 1.82) is 0 Å². The van der Waals surface area contributed by atoms with Gasteiger partial charge in [0.25, 0.3) is 0 Å². The Hall–Kier alpha value is -4.75. The molecule has 7 aromatic rings. The molecule has 0 fully saturated rings. The van der Waals surface area contributed by atoms with Crippen LogP contribution in [0.1, 0.15) is 5.69 Å². The summed E-state index contributed by atoms with van der Waals surface area (Å²) in [5.41, 5.74) is 8.52. The van der Waals surface area contributed by atoms with Crippen LogP contribution in [0, 0.1) is 6.92 Å². The molecule has 1 heterocycles. The zero-order valence-corrected chi connectivity index (χ0v) is 20.6. The van der Waals surface area contributed by atoms with Crippen LogP contribution in [-0.2, 0) is 0 Å². The second-order valence-electron chi connectivity index (χ2n) is 9.63. The Morgan fingerprint density at radius 3 is 1.62 bits per heavy atom. The highest BCUT2D eigenvalue weighted by Crippen LogP contribution is 2.45. The van der Waals surface area contributed by atoms with Gasteiger partial charge in [0.05, 0.1) is 0 Å². The third-order valence-electron chi connectivity index (χ3n) is 7.39. The highest BCUT2D eigenvalue weighted by molar-refractivity contribution is 6.23. The molecule has 1 nitrogen and oxygen atoms in total. The summed E-state index contributed by atoms with van der Waals surface area (Å²) in [7, 11) is 0. The molecule has 0 atom stereocenters. The molecule has 0 aliphatic carbocycles. The largest absolute Gasteiger partial charge is 0.262 e. The maximum atomic E-state index is 4.35. The smallest absolute Gasteiger partial charge is 0.0378 e. The standard InChI is InChI=1S/C36H25N/c1-24-23-28(21-22-37-24)25-17-19-27(20-18-25)35-31-12-4-6-14-33(31)36(34-15-7-5-13-32(34)35)30-16-8-10-26-9-2-3-11-29(26)30/h2-23H,1H3. The number of nitrogens with zero attached hydrogens (tertiary/aromatic N) is 1. The van der Waals surface area contributed by atoms with Gasteiger partial charge in [-0.15, -0.1) is 0 Å². The van der Waals surface area contributed by atoms with Gasteiger partial charge in [0.1, 0.15) is 0 Å². The van der Waals surface area contributed by atoms with Crippen molar-refractivity contribution in [1.82, 2.24) is 4.98 Å². The molecule has 0 radical (unpaired) electrons. The number of aromatic nitrogens is 1. The van der Waals surface area contributed by atoms with Gasteiger partial charge in [-0.1, -0.05) is 115 Å². The fourth-order valence-electron chi connectivity index (χ4n) is 5.73. The number of hydrogen-bond donors (Lipinski definition) is 0. The van der Waals surface area contributed by atoms with Crippen LogP contribution in [-0.4, -0.2) is 4.98 Å². The molecule has 0 bridgehead atoms. The zero-order valence-electron chi connectivity index (χ0n) is 20.6. The Labute approximate surface area is 216 Å². The fraction of sp³-hybridized carbons (Fsp3) is 0.0278. The van der Waals surface area contributed by atoms with Crippen molar-refractivity contribution in [3.63, 3.8) is 0 Å². The van der Waals surface area contributed by atoms with Gasteiger partial charge < -0.3 is 0 Å². The first-order valence-electron chi connectivity index (χ1n) is 12.7. The molecule has 37 heavy (non-hydrogen) atoms. The third kappa shape index (κ3) is 3.59. The molecule has 6 aromatic carbocycles. The Kier molecular flexibility index (Phi) is 5.08. The molecule has 0 saturated carbocycles. The van der Waals surface area contributed by atoms with E-state index in [0.29, 0.717) is 0 Å². The second kappa shape index (κ2) is 8.72. The molecule has 174 valence electrons. The molecule has 0 spiro atoms. The van der Waals surface area contributed by atoms with E-state index in [1.54, 1.807) is 0 Å². The lowest BCUT2D eigenvalue weighted by atomic mass is 9.84. The van der Waals surface area contributed by atoms with Crippen molar-refractivity contribution in [2.24, 2.45) is 0 Å². The van der Waals surface area contributed by atoms with Crippen LogP contribution >= 0.6 is 0 Å². The minimum absolute atomic E-state index is 1.03. The Balaban J connectivity index is 1.52. The van der Waals surface area contributed by atoms with E-state index in [9.17, 15) is 0 Å². The van der Waals surface area contributed by atoms with Gasteiger partial charge in [0.2, 0.25) is 0 Å². The first-order valence-corrected chi connectivity index (χ1v) is 12.7. The normalized spacial score (nSPS) is 11.4. The lowest BCUT2D eigenvalue weighted by molar-refractivity contribution is 1.20. The Morgan fingerprint density at radius 2 is 0.973 bits per heavy atom. The molecule has 0 amide bonds. The summed E-state index contributed by atoms with van der Waals surface area (Å²) < 4.78 is 0. The molecule has 1 aromatic heterocycles. The number of aryl methyl sites for hydroxylation is 1. The molecular weight excluding hydrogens is 446 g/mol. The van der Waals surface area contributed by atoms with Gasteiger partial charge in [-0.2, -0.15) is 0 Å². The maximum Gasteiger partial charge on any atom is 0.0378 e. The van der Waals surface area contributed by atoms with E-state index in [4.69, 9.17) is 0 Å². The van der Waals surface area contributed by atoms with E-state index in [0.717, 1.165) is 5.69 Å². The summed E-state index contributed by atoms with van der Waals surface area (Å²) in [6.07, 6.45) is 1.88. The first kappa shape index (κ1) is 21.5. The Morgan fingerprint density at radius 1 is 0.432 bits per heavy atom. The molecule has 0 N–H and O–H groups in total. The molecule has 1 heteroatoms. The average Bonchev–Trinajstić information content (AvgIpc) is 2.96. The topological polar surface area (TPSA) is 12.9 Å².